The fraction of sp³-hybridized carbons (Fsp3) is 0.118. The molecule has 128 valence electrons. The van der Waals surface area contributed by atoms with E-state index < -0.39 is 0 Å². The monoisotopic (exact) mass is 435 g/mol. The maximum atomic E-state index is 12.0. The van der Waals surface area contributed by atoms with Gasteiger partial charge in [-0.2, -0.15) is 0 Å². The van der Waals surface area contributed by atoms with Gasteiger partial charge in [-0.3, -0.25) is 9.59 Å². The number of rotatable bonds is 6. The Bertz CT molecular complexity index is 860. The molecule has 2 heterocycles. The van der Waals surface area contributed by atoms with Crippen LogP contribution < -0.4 is 10.6 Å². The molecule has 0 saturated carbocycles. The second-order valence-corrected chi connectivity index (χ2v) is 7.80. The number of nitrogens with zero attached hydrogens (tertiary/aromatic N) is 1. The summed E-state index contributed by atoms with van der Waals surface area (Å²) in [4.78, 5) is 29.4. The molecule has 0 aliphatic heterocycles. The number of carbonyl (C=O) groups excluding carboxylic acids is 2. The number of halogens is 1. The van der Waals surface area contributed by atoms with Gasteiger partial charge >= 0.3 is 0 Å². The lowest BCUT2D eigenvalue weighted by Gasteiger charge is -2.05. The molecule has 0 spiro atoms. The molecule has 0 saturated heterocycles. The van der Waals surface area contributed by atoms with Crippen LogP contribution in [0.1, 0.15) is 16.8 Å². The van der Waals surface area contributed by atoms with Crippen LogP contribution in [0.15, 0.2) is 51.6 Å². The topological polar surface area (TPSA) is 71.1 Å². The number of amides is 2. The largest absolute Gasteiger partial charge is 0.352 e. The third-order valence-electron chi connectivity index (χ3n) is 3.27. The summed E-state index contributed by atoms with van der Waals surface area (Å²) in [5.74, 6) is -0.377. The van der Waals surface area contributed by atoms with Crippen molar-refractivity contribution in [1.29, 1.82) is 0 Å². The van der Waals surface area contributed by atoms with Gasteiger partial charge in [-0.15, -0.1) is 22.7 Å². The van der Waals surface area contributed by atoms with Crippen molar-refractivity contribution in [1.82, 2.24) is 10.3 Å². The maximum Gasteiger partial charge on any atom is 0.251 e. The molecule has 0 radical (unpaired) electrons. The highest BCUT2D eigenvalue weighted by Gasteiger charge is 2.10. The molecule has 0 bridgehead atoms. The summed E-state index contributed by atoms with van der Waals surface area (Å²) in [6.07, 6.45) is 0.191. The molecule has 0 atom stereocenters. The lowest BCUT2D eigenvalue weighted by Crippen LogP contribution is -2.27. The Labute approximate surface area is 161 Å². The smallest absolute Gasteiger partial charge is 0.251 e. The molecule has 0 aliphatic carbocycles. The first-order valence-electron chi connectivity index (χ1n) is 7.45. The van der Waals surface area contributed by atoms with E-state index in [1.54, 1.807) is 35.6 Å². The summed E-state index contributed by atoms with van der Waals surface area (Å²) in [5.41, 5.74) is 1.42. The van der Waals surface area contributed by atoms with E-state index >= 15 is 0 Å². The number of thiophene rings is 1. The molecule has 8 heteroatoms. The van der Waals surface area contributed by atoms with Gasteiger partial charge in [-0.05, 0) is 35.7 Å². The van der Waals surface area contributed by atoms with Crippen molar-refractivity contribution in [3.63, 3.8) is 0 Å². The molecule has 1 aromatic carbocycles. The van der Waals surface area contributed by atoms with E-state index in [-0.39, 0.29) is 24.8 Å². The van der Waals surface area contributed by atoms with Crippen LogP contribution in [-0.2, 0) is 4.79 Å². The van der Waals surface area contributed by atoms with Crippen molar-refractivity contribution in [2.24, 2.45) is 0 Å². The van der Waals surface area contributed by atoms with Crippen LogP contribution in [0.5, 0.6) is 0 Å². The normalized spacial score (nSPS) is 10.4. The SMILES string of the molecule is O=C(CCNC(=O)c1ccc(Br)cc1)Nc1nc(-c2cccs2)cs1. The Hall–Kier alpha value is -2.03. The molecule has 3 aromatic rings. The maximum absolute atomic E-state index is 12.0. The van der Waals surface area contributed by atoms with Crippen molar-refractivity contribution >= 4 is 55.5 Å². The standard InChI is InChI=1S/C17H14BrN3O2S2/c18-12-5-3-11(4-6-12)16(23)19-8-7-15(22)21-17-20-13(10-25-17)14-2-1-9-24-14/h1-6,9-10H,7-8H2,(H,19,23)(H,20,21,22). The van der Waals surface area contributed by atoms with Crippen LogP contribution in [0.4, 0.5) is 5.13 Å². The molecule has 0 unspecified atom stereocenters. The third-order valence-corrected chi connectivity index (χ3v) is 5.45. The van der Waals surface area contributed by atoms with E-state index in [0.29, 0.717) is 10.7 Å². The third kappa shape index (κ3) is 4.97. The lowest BCUT2D eigenvalue weighted by molar-refractivity contribution is -0.116. The van der Waals surface area contributed by atoms with Crippen molar-refractivity contribution in [2.75, 3.05) is 11.9 Å². The summed E-state index contributed by atoms with van der Waals surface area (Å²) in [6.45, 7) is 0.268. The predicted molar refractivity (Wildman–Crippen MR) is 105 cm³/mol. The van der Waals surface area contributed by atoms with Crippen molar-refractivity contribution < 1.29 is 9.59 Å². The fourth-order valence-corrected chi connectivity index (χ4v) is 3.80. The summed E-state index contributed by atoms with van der Waals surface area (Å²) < 4.78 is 0.911. The number of hydrogen-bond donors (Lipinski definition) is 2. The van der Waals surface area contributed by atoms with Crippen LogP contribution in [0.2, 0.25) is 0 Å². The number of nitrogens with one attached hydrogen (secondary N) is 2. The van der Waals surface area contributed by atoms with Crippen molar-refractivity contribution in [2.45, 2.75) is 6.42 Å². The van der Waals surface area contributed by atoms with Gasteiger partial charge < -0.3 is 10.6 Å². The van der Waals surface area contributed by atoms with Crippen molar-refractivity contribution in [3.8, 4) is 10.6 Å². The first-order chi connectivity index (χ1) is 12.1. The molecule has 3 rings (SSSR count). The highest BCUT2D eigenvalue weighted by atomic mass is 79.9. The van der Waals surface area contributed by atoms with E-state index in [1.165, 1.54) is 11.3 Å². The number of aromatic nitrogens is 1. The highest BCUT2D eigenvalue weighted by Crippen LogP contribution is 2.28. The zero-order valence-corrected chi connectivity index (χ0v) is 16.2. The summed E-state index contributed by atoms with van der Waals surface area (Å²) >= 11 is 6.31. The Balaban J connectivity index is 1.45. The highest BCUT2D eigenvalue weighted by molar-refractivity contribution is 9.10. The van der Waals surface area contributed by atoms with Crippen LogP contribution in [0.3, 0.4) is 0 Å². The minimum absolute atomic E-state index is 0.178. The Morgan fingerprint density at radius 3 is 2.64 bits per heavy atom. The van der Waals surface area contributed by atoms with Gasteiger partial charge in [0.05, 0.1) is 10.6 Å². The summed E-state index contributed by atoms with van der Waals surface area (Å²) in [5, 5.41) is 9.96. The molecule has 5 nitrogen and oxygen atoms in total. The number of carbonyl (C=O) groups is 2. The molecular weight excluding hydrogens is 422 g/mol. The van der Waals surface area contributed by atoms with Gasteiger partial charge in [0, 0.05) is 28.4 Å². The van der Waals surface area contributed by atoms with Crippen molar-refractivity contribution in [3.05, 3.63) is 57.2 Å². The van der Waals surface area contributed by atoms with E-state index in [9.17, 15) is 9.59 Å². The first kappa shape index (κ1) is 17.8. The van der Waals surface area contributed by atoms with Crippen LogP contribution in [0, 0.1) is 0 Å². The number of benzene rings is 1. The quantitative estimate of drug-likeness (QED) is 0.602. The number of anilines is 1. The molecule has 0 aliphatic rings. The second-order valence-electron chi connectivity index (χ2n) is 5.08. The van der Waals surface area contributed by atoms with Gasteiger partial charge in [0.1, 0.15) is 0 Å². The molecule has 25 heavy (non-hydrogen) atoms. The van der Waals surface area contributed by atoms with Crippen LogP contribution in [0.25, 0.3) is 10.6 Å². The van der Waals surface area contributed by atoms with Gasteiger partial charge in [0.25, 0.3) is 5.91 Å². The van der Waals surface area contributed by atoms with Gasteiger partial charge in [-0.1, -0.05) is 22.0 Å². The van der Waals surface area contributed by atoms with E-state index in [2.05, 4.69) is 31.5 Å². The van der Waals surface area contributed by atoms with E-state index in [0.717, 1.165) is 15.0 Å². The predicted octanol–water partition coefficient (Wildman–Crippen LogP) is 4.39. The first-order valence-corrected chi connectivity index (χ1v) is 10.00. The van der Waals surface area contributed by atoms with Crippen LogP contribution >= 0.6 is 38.6 Å². The minimum Gasteiger partial charge on any atom is -0.352 e. The number of thiazole rings is 1. The number of hydrogen-bond acceptors (Lipinski definition) is 5. The van der Waals surface area contributed by atoms with E-state index in [4.69, 9.17) is 0 Å². The Morgan fingerprint density at radius 1 is 1.12 bits per heavy atom. The Kier molecular flexibility index (Phi) is 5.95. The molecular formula is C17H14BrN3O2S2. The molecule has 0 fully saturated rings. The second kappa shape index (κ2) is 8.37. The van der Waals surface area contributed by atoms with Gasteiger partial charge in [-0.25, -0.2) is 4.98 Å². The lowest BCUT2D eigenvalue weighted by atomic mass is 10.2. The fourth-order valence-electron chi connectivity index (χ4n) is 2.04. The minimum atomic E-state index is -0.200. The van der Waals surface area contributed by atoms with Gasteiger partial charge in [0.15, 0.2) is 5.13 Å². The average molecular weight is 436 g/mol. The zero-order chi connectivity index (χ0) is 17.6. The summed E-state index contributed by atoms with van der Waals surface area (Å²) in [6, 6.07) is 11.0. The average Bonchev–Trinajstić information content (AvgIpc) is 3.26. The Morgan fingerprint density at radius 2 is 1.92 bits per heavy atom. The summed E-state index contributed by atoms with van der Waals surface area (Å²) in [7, 11) is 0. The van der Waals surface area contributed by atoms with E-state index in [1.807, 2.05) is 22.9 Å². The van der Waals surface area contributed by atoms with Crippen LogP contribution in [-0.4, -0.2) is 23.3 Å². The molecule has 2 N–H and O–H groups in total. The van der Waals surface area contributed by atoms with Gasteiger partial charge in [0.2, 0.25) is 5.91 Å². The zero-order valence-electron chi connectivity index (χ0n) is 13.0. The molecule has 2 amide bonds. The molecule has 2 aromatic heterocycles.